The zero-order chi connectivity index (χ0) is 17.1. The maximum Gasteiger partial charge on any atom is 0.223 e. The van der Waals surface area contributed by atoms with Crippen LogP contribution < -0.4 is 5.32 Å². The van der Waals surface area contributed by atoms with Crippen LogP contribution in [-0.4, -0.2) is 55.2 Å². The Morgan fingerprint density at radius 1 is 1.20 bits per heavy atom. The third-order valence-electron chi connectivity index (χ3n) is 4.29. The first-order valence-electron chi connectivity index (χ1n) is 8.45. The van der Waals surface area contributed by atoms with Gasteiger partial charge in [-0.3, -0.25) is 4.79 Å². The van der Waals surface area contributed by atoms with E-state index in [-0.39, 0.29) is 5.91 Å². The fraction of sp³-hybridized carbons (Fsp3) is 0.353. The summed E-state index contributed by atoms with van der Waals surface area (Å²) in [7, 11) is 0. The number of fused-ring (bicyclic) bond motifs is 1. The smallest absolute Gasteiger partial charge is 0.223 e. The van der Waals surface area contributed by atoms with E-state index in [2.05, 4.69) is 25.5 Å². The molecule has 0 atom stereocenters. The summed E-state index contributed by atoms with van der Waals surface area (Å²) in [6.45, 7) is 2.39. The van der Waals surface area contributed by atoms with Gasteiger partial charge in [0.2, 0.25) is 11.9 Å². The summed E-state index contributed by atoms with van der Waals surface area (Å²) in [5.74, 6) is 0.841. The average Bonchev–Trinajstić information content (AvgIpc) is 3.25. The topological polar surface area (TPSA) is 88.3 Å². The quantitative estimate of drug-likeness (QED) is 0.688. The van der Waals surface area contributed by atoms with Crippen molar-refractivity contribution in [1.29, 1.82) is 0 Å². The van der Waals surface area contributed by atoms with E-state index < -0.39 is 0 Å². The van der Waals surface area contributed by atoms with Crippen molar-refractivity contribution in [2.24, 2.45) is 0 Å². The molecule has 25 heavy (non-hydrogen) atoms. The van der Waals surface area contributed by atoms with E-state index in [0.29, 0.717) is 12.4 Å². The Morgan fingerprint density at radius 2 is 2.16 bits per heavy atom. The van der Waals surface area contributed by atoms with Crippen molar-refractivity contribution in [1.82, 2.24) is 29.7 Å². The summed E-state index contributed by atoms with van der Waals surface area (Å²) in [4.78, 5) is 22.3. The minimum absolute atomic E-state index is 0.264. The van der Waals surface area contributed by atoms with E-state index in [1.807, 2.05) is 23.1 Å². The minimum atomic E-state index is 0.264. The largest absolute Gasteiger partial charge is 0.354 e. The molecule has 1 aliphatic heterocycles. The van der Waals surface area contributed by atoms with Crippen LogP contribution in [0.25, 0.3) is 16.8 Å². The number of amides is 1. The number of nitrogens with zero attached hydrogens (tertiary/aromatic N) is 6. The Morgan fingerprint density at radius 3 is 3.04 bits per heavy atom. The molecule has 0 saturated carbocycles. The molecule has 8 nitrogen and oxygen atoms in total. The molecule has 1 N–H and O–H groups in total. The molecular formula is C17H19N7O. The van der Waals surface area contributed by atoms with Gasteiger partial charge in [0.05, 0.1) is 17.4 Å². The highest BCUT2D eigenvalue weighted by Gasteiger charge is 2.18. The van der Waals surface area contributed by atoms with Crippen LogP contribution >= 0.6 is 0 Å². The molecule has 3 aromatic heterocycles. The number of hydrogen-bond donors (Lipinski definition) is 1. The predicted molar refractivity (Wildman–Crippen MR) is 92.9 cm³/mol. The van der Waals surface area contributed by atoms with Crippen molar-refractivity contribution in [3.63, 3.8) is 0 Å². The summed E-state index contributed by atoms with van der Waals surface area (Å²) in [5, 5.41) is 11.6. The number of likely N-dealkylation sites (tertiary alicyclic amines) is 1. The Balaban J connectivity index is 1.40. The van der Waals surface area contributed by atoms with Gasteiger partial charge in [-0.05, 0) is 31.0 Å². The van der Waals surface area contributed by atoms with Crippen LogP contribution in [0.2, 0.25) is 0 Å². The number of carbonyl (C=O) groups excluding carboxylic acids is 1. The first kappa shape index (κ1) is 15.5. The lowest BCUT2D eigenvalue weighted by Gasteiger charge is -2.15. The van der Waals surface area contributed by atoms with Gasteiger partial charge >= 0.3 is 0 Å². The molecule has 0 unspecified atom stereocenters. The fourth-order valence-electron chi connectivity index (χ4n) is 3.03. The second-order valence-electron chi connectivity index (χ2n) is 5.99. The minimum Gasteiger partial charge on any atom is -0.354 e. The summed E-state index contributed by atoms with van der Waals surface area (Å²) in [6, 6.07) is 5.69. The summed E-state index contributed by atoms with van der Waals surface area (Å²) in [6.07, 6.45) is 7.73. The lowest BCUT2D eigenvalue weighted by atomic mass is 10.2. The van der Waals surface area contributed by atoms with Crippen LogP contribution in [0.1, 0.15) is 19.3 Å². The van der Waals surface area contributed by atoms with Gasteiger partial charge in [-0.25, -0.2) is 9.97 Å². The number of carbonyl (C=O) groups is 1. The number of nitrogens with one attached hydrogen (secondary N) is 1. The number of aromatic nitrogens is 5. The number of hydrogen-bond acceptors (Lipinski definition) is 6. The zero-order valence-corrected chi connectivity index (χ0v) is 13.8. The number of rotatable bonds is 6. The molecule has 1 saturated heterocycles. The van der Waals surface area contributed by atoms with E-state index in [1.54, 1.807) is 23.2 Å². The third kappa shape index (κ3) is 3.28. The van der Waals surface area contributed by atoms with E-state index in [0.717, 1.165) is 49.2 Å². The molecule has 1 amide bonds. The van der Waals surface area contributed by atoms with Gasteiger partial charge in [0.1, 0.15) is 0 Å². The van der Waals surface area contributed by atoms with Crippen LogP contribution in [0.5, 0.6) is 0 Å². The van der Waals surface area contributed by atoms with Crippen molar-refractivity contribution in [3.05, 3.63) is 36.8 Å². The van der Waals surface area contributed by atoms with Crippen LogP contribution in [0.15, 0.2) is 36.8 Å². The second-order valence-corrected chi connectivity index (χ2v) is 5.99. The third-order valence-corrected chi connectivity index (χ3v) is 4.29. The highest BCUT2D eigenvalue weighted by molar-refractivity contribution is 5.78. The Hall–Kier alpha value is -3.03. The molecule has 8 heteroatoms. The monoisotopic (exact) mass is 337 g/mol. The van der Waals surface area contributed by atoms with E-state index in [1.165, 1.54) is 0 Å². The van der Waals surface area contributed by atoms with Crippen LogP contribution in [0.4, 0.5) is 5.95 Å². The lowest BCUT2D eigenvalue weighted by Crippen LogP contribution is -2.27. The molecule has 0 spiro atoms. The molecule has 1 fully saturated rings. The SMILES string of the molecule is O=C1CCCN1CCCNc1nccc(-c2cnn3ncccc23)n1. The zero-order valence-electron chi connectivity index (χ0n) is 13.8. The van der Waals surface area contributed by atoms with Crippen molar-refractivity contribution in [3.8, 4) is 11.3 Å². The molecule has 3 aromatic rings. The molecule has 4 heterocycles. The first-order chi connectivity index (χ1) is 12.3. The highest BCUT2D eigenvalue weighted by atomic mass is 16.2. The normalized spacial score (nSPS) is 14.4. The summed E-state index contributed by atoms with van der Waals surface area (Å²) in [5.41, 5.74) is 2.62. The molecule has 128 valence electrons. The molecule has 0 radical (unpaired) electrons. The molecular weight excluding hydrogens is 318 g/mol. The molecule has 4 rings (SSSR count). The van der Waals surface area contributed by atoms with Crippen molar-refractivity contribution >= 4 is 17.4 Å². The standard InChI is InChI=1S/C17H19N7O/c25-16-5-2-10-23(16)11-3-7-18-17-19-9-6-14(22-17)13-12-21-24-15(13)4-1-8-20-24/h1,4,6,8-9,12H,2-3,5,7,10-11H2,(H,18,19,22). The molecule has 0 aromatic carbocycles. The van der Waals surface area contributed by atoms with Crippen LogP contribution in [0.3, 0.4) is 0 Å². The molecule has 0 aliphatic carbocycles. The van der Waals surface area contributed by atoms with Gasteiger partial charge in [-0.2, -0.15) is 14.8 Å². The van der Waals surface area contributed by atoms with Gasteiger partial charge in [0, 0.05) is 44.0 Å². The second kappa shape index (κ2) is 6.84. The summed E-state index contributed by atoms with van der Waals surface area (Å²) >= 11 is 0. The van der Waals surface area contributed by atoms with Crippen LogP contribution in [-0.2, 0) is 4.79 Å². The van der Waals surface area contributed by atoms with Crippen LogP contribution in [0, 0.1) is 0 Å². The van der Waals surface area contributed by atoms with Crippen molar-refractivity contribution in [2.45, 2.75) is 19.3 Å². The van der Waals surface area contributed by atoms with E-state index in [4.69, 9.17) is 0 Å². The van der Waals surface area contributed by atoms with Crippen molar-refractivity contribution in [2.75, 3.05) is 25.0 Å². The van der Waals surface area contributed by atoms with Crippen molar-refractivity contribution < 1.29 is 4.79 Å². The maximum absolute atomic E-state index is 11.6. The fourth-order valence-corrected chi connectivity index (χ4v) is 3.03. The molecule has 1 aliphatic rings. The van der Waals surface area contributed by atoms with E-state index >= 15 is 0 Å². The first-order valence-corrected chi connectivity index (χ1v) is 8.45. The lowest BCUT2D eigenvalue weighted by molar-refractivity contribution is -0.127. The van der Waals surface area contributed by atoms with Gasteiger partial charge in [0.15, 0.2) is 0 Å². The summed E-state index contributed by atoms with van der Waals surface area (Å²) < 4.78 is 1.58. The molecule has 0 bridgehead atoms. The van der Waals surface area contributed by atoms with Gasteiger partial charge < -0.3 is 10.2 Å². The highest BCUT2D eigenvalue weighted by Crippen LogP contribution is 2.22. The predicted octanol–water partition coefficient (Wildman–Crippen LogP) is 1.61. The Bertz CT molecular complexity index is 891. The average molecular weight is 337 g/mol. The van der Waals surface area contributed by atoms with Gasteiger partial charge in [-0.1, -0.05) is 0 Å². The number of anilines is 1. The Labute approximate surface area is 144 Å². The van der Waals surface area contributed by atoms with Gasteiger partial charge in [-0.15, -0.1) is 0 Å². The van der Waals surface area contributed by atoms with Gasteiger partial charge in [0.25, 0.3) is 0 Å². The Kier molecular flexibility index (Phi) is 4.24. The van der Waals surface area contributed by atoms with E-state index in [9.17, 15) is 4.79 Å². The maximum atomic E-state index is 11.6.